The van der Waals surface area contributed by atoms with E-state index in [1.165, 1.54) is 23.5 Å². The number of carbonyl (C=O) groups is 2. The number of amides is 1. The molecule has 0 aliphatic rings. The summed E-state index contributed by atoms with van der Waals surface area (Å²) >= 11 is 1.19. The Hall–Kier alpha value is -2.41. The molecule has 19 heavy (non-hydrogen) atoms. The van der Waals surface area contributed by atoms with E-state index >= 15 is 0 Å². The minimum Gasteiger partial charge on any atom is -0.478 e. The first-order chi connectivity index (χ1) is 9.06. The fraction of sp³-hybridized carbons (Fsp3) is 0.0833. The lowest BCUT2D eigenvalue weighted by atomic mass is 10.1. The van der Waals surface area contributed by atoms with Gasteiger partial charge in [0.15, 0.2) is 5.13 Å². The predicted molar refractivity (Wildman–Crippen MR) is 71.1 cm³/mol. The number of anilines is 1. The summed E-state index contributed by atoms with van der Waals surface area (Å²) in [5, 5.41) is 13.4. The van der Waals surface area contributed by atoms with Gasteiger partial charge >= 0.3 is 5.97 Å². The Morgan fingerprint density at radius 1 is 1.42 bits per heavy atom. The van der Waals surface area contributed by atoms with E-state index in [-0.39, 0.29) is 23.7 Å². The Balaban J connectivity index is 2.01. The number of aromatic carboxylic acids is 1. The van der Waals surface area contributed by atoms with Crippen LogP contribution in [0.1, 0.15) is 26.4 Å². The minimum atomic E-state index is -1.000. The number of benzene rings is 1. The highest BCUT2D eigenvalue weighted by molar-refractivity contribution is 7.13. The van der Waals surface area contributed by atoms with Crippen LogP contribution < -0.4 is 11.1 Å². The van der Waals surface area contributed by atoms with Crippen LogP contribution in [0.25, 0.3) is 0 Å². The number of carbonyl (C=O) groups excluding carboxylic acids is 1. The van der Waals surface area contributed by atoms with Crippen molar-refractivity contribution >= 4 is 28.3 Å². The third kappa shape index (κ3) is 3.29. The predicted octanol–water partition coefficient (Wildman–Crippen LogP) is 1.35. The third-order valence-corrected chi connectivity index (χ3v) is 3.06. The SMILES string of the molecule is Nc1nc(C(=O)NCc2cccc(C(=O)O)c2)cs1. The lowest BCUT2D eigenvalue weighted by Crippen LogP contribution is -2.23. The highest BCUT2D eigenvalue weighted by atomic mass is 32.1. The van der Waals surface area contributed by atoms with Gasteiger partial charge < -0.3 is 16.2 Å². The van der Waals surface area contributed by atoms with E-state index in [0.29, 0.717) is 10.7 Å². The molecule has 1 aromatic heterocycles. The molecule has 1 amide bonds. The van der Waals surface area contributed by atoms with Crippen LogP contribution in [0.2, 0.25) is 0 Å². The molecule has 0 spiro atoms. The summed E-state index contributed by atoms with van der Waals surface area (Å²) in [6.45, 7) is 0.234. The summed E-state index contributed by atoms with van der Waals surface area (Å²) in [6, 6.07) is 6.38. The first-order valence-electron chi connectivity index (χ1n) is 5.37. The van der Waals surface area contributed by atoms with Crippen molar-refractivity contribution in [3.63, 3.8) is 0 Å². The van der Waals surface area contributed by atoms with Crippen LogP contribution in [0.5, 0.6) is 0 Å². The standard InChI is InChI=1S/C12H11N3O3S/c13-12-15-9(6-19-12)10(16)14-5-7-2-1-3-8(4-7)11(17)18/h1-4,6H,5H2,(H2,13,15)(H,14,16)(H,17,18). The van der Waals surface area contributed by atoms with Gasteiger partial charge in [0.25, 0.3) is 5.91 Å². The number of hydrogen-bond donors (Lipinski definition) is 3. The van der Waals surface area contributed by atoms with Gasteiger partial charge in [0.2, 0.25) is 0 Å². The Morgan fingerprint density at radius 3 is 2.84 bits per heavy atom. The van der Waals surface area contributed by atoms with E-state index in [0.717, 1.165) is 0 Å². The maximum Gasteiger partial charge on any atom is 0.335 e. The lowest BCUT2D eigenvalue weighted by molar-refractivity contribution is 0.0696. The number of carboxylic acid groups (broad SMARTS) is 1. The summed E-state index contributed by atoms with van der Waals surface area (Å²) in [4.78, 5) is 26.4. The van der Waals surface area contributed by atoms with E-state index in [4.69, 9.17) is 10.8 Å². The summed E-state index contributed by atoms with van der Waals surface area (Å²) in [5.41, 5.74) is 6.59. The Bertz CT molecular complexity index is 624. The van der Waals surface area contributed by atoms with Gasteiger partial charge in [-0.2, -0.15) is 0 Å². The smallest absolute Gasteiger partial charge is 0.335 e. The van der Waals surface area contributed by atoms with Gasteiger partial charge in [-0.15, -0.1) is 11.3 Å². The van der Waals surface area contributed by atoms with E-state index in [1.54, 1.807) is 17.5 Å². The van der Waals surface area contributed by atoms with E-state index in [9.17, 15) is 9.59 Å². The average molecular weight is 277 g/mol. The second-order valence-electron chi connectivity index (χ2n) is 3.76. The summed E-state index contributed by atoms with van der Waals surface area (Å²) in [7, 11) is 0. The molecule has 98 valence electrons. The van der Waals surface area contributed by atoms with Gasteiger partial charge in [0.05, 0.1) is 5.56 Å². The van der Waals surface area contributed by atoms with Crippen molar-refractivity contribution in [2.75, 3.05) is 5.73 Å². The first-order valence-corrected chi connectivity index (χ1v) is 6.25. The highest BCUT2D eigenvalue weighted by Crippen LogP contribution is 2.11. The second-order valence-corrected chi connectivity index (χ2v) is 4.65. The Morgan fingerprint density at radius 2 is 2.21 bits per heavy atom. The number of nitrogen functional groups attached to an aromatic ring is 1. The topological polar surface area (TPSA) is 105 Å². The lowest BCUT2D eigenvalue weighted by Gasteiger charge is -2.04. The van der Waals surface area contributed by atoms with Crippen molar-refractivity contribution in [2.24, 2.45) is 0 Å². The fourth-order valence-electron chi connectivity index (χ4n) is 1.48. The summed E-state index contributed by atoms with van der Waals surface area (Å²) < 4.78 is 0. The van der Waals surface area contributed by atoms with Crippen molar-refractivity contribution in [1.29, 1.82) is 0 Å². The molecule has 0 bridgehead atoms. The number of nitrogens with two attached hydrogens (primary N) is 1. The van der Waals surface area contributed by atoms with Crippen molar-refractivity contribution in [3.05, 3.63) is 46.5 Å². The molecule has 2 aromatic rings. The van der Waals surface area contributed by atoms with Crippen molar-refractivity contribution < 1.29 is 14.7 Å². The molecule has 6 nitrogen and oxygen atoms in total. The molecule has 2 rings (SSSR count). The number of hydrogen-bond acceptors (Lipinski definition) is 5. The van der Waals surface area contributed by atoms with Crippen molar-refractivity contribution in [2.45, 2.75) is 6.54 Å². The van der Waals surface area contributed by atoms with Gasteiger partial charge in [0, 0.05) is 11.9 Å². The minimum absolute atomic E-state index is 0.185. The number of nitrogens with one attached hydrogen (secondary N) is 1. The molecule has 0 saturated carbocycles. The molecule has 4 N–H and O–H groups in total. The van der Waals surface area contributed by atoms with Gasteiger partial charge in [0.1, 0.15) is 5.69 Å². The number of thiazole rings is 1. The van der Waals surface area contributed by atoms with Crippen LogP contribution in [0, 0.1) is 0 Å². The summed E-state index contributed by atoms with van der Waals surface area (Å²) in [5.74, 6) is -1.34. The second kappa shape index (κ2) is 5.49. The Kier molecular flexibility index (Phi) is 3.76. The molecule has 1 heterocycles. The molecule has 0 aliphatic carbocycles. The van der Waals surface area contributed by atoms with Gasteiger partial charge in [-0.05, 0) is 17.7 Å². The van der Waals surface area contributed by atoms with Crippen LogP contribution in [0.3, 0.4) is 0 Å². The summed E-state index contributed by atoms with van der Waals surface area (Å²) in [6.07, 6.45) is 0. The number of aromatic nitrogens is 1. The van der Waals surface area contributed by atoms with E-state index in [2.05, 4.69) is 10.3 Å². The third-order valence-electron chi connectivity index (χ3n) is 2.38. The fourth-order valence-corrected chi connectivity index (χ4v) is 2.02. The molecule has 0 aliphatic heterocycles. The molecule has 0 unspecified atom stereocenters. The zero-order chi connectivity index (χ0) is 13.8. The normalized spacial score (nSPS) is 10.1. The average Bonchev–Trinajstić information content (AvgIpc) is 2.83. The zero-order valence-electron chi connectivity index (χ0n) is 9.79. The van der Waals surface area contributed by atoms with Crippen LogP contribution in [0.4, 0.5) is 5.13 Å². The molecule has 1 aromatic carbocycles. The molecule has 7 heteroatoms. The molecular formula is C12H11N3O3S. The highest BCUT2D eigenvalue weighted by Gasteiger charge is 2.09. The van der Waals surface area contributed by atoms with Gasteiger partial charge in [-0.3, -0.25) is 4.79 Å². The first kappa shape index (κ1) is 13.0. The maximum absolute atomic E-state index is 11.7. The maximum atomic E-state index is 11.7. The van der Waals surface area contributed by atoms with Crippen molar-refractivity contribution in [1.82, 2.24) is 10.3 Å². The van der Waals surface area contributed by atoms with E-state index in [1.807, 2.05) is 0 Å². The van der Waals surface area contributed by atoms with E-state index < -0.39 is 5.97 Å². The zero-order valence-corrected chi connectivity index (χ0v) is 10.6. The number of carboxylic acids is 1. The molecule has 0 radical (unpaired) electrons. The largest absolute Gasteiger partial charge is 0.478 e. The Labute approximate surface area is 112 Å². The van der Waals surface area contributed by atoms with Gasteiger partial charge in [-0.1, -0.05) is 12.1 Å². The molecule has 0 atom stereocenters. The molecule has 0 fully saturated rings. The molecular weight excluding hydrogens is 266 g/mol. The number of rotatable bonds is 4. The van der Waals surface area contributed by atoms with Gasteiger partial charge in [-0.25, -0.2) is 9.78 Å². The van der Waals surface area contributed by atoms with Crippen molar-refractivity contribution in [3.8, 4) is 0 Å². The quantitative estimate of drug-likeness (QED) is 0.782. The monoisotopic (exact) mass is 277 g/mol. The number of nitrogens with zero attached hydrogens (tertiary/aromatic N) is 1. The van der Waals surface area contributed by atoms with Crippen LogP contribution in [-0.4, -0.2) is 22.0 Å². The molecule has 0 saturated heterocycles. The van der Waals surface area contributed by atoms with Crippen LogP contribution in [0.15, 0.2) is 29.6 Å². The van der Waals surface area contributed by atoms with Crippen LogP contribution in [-0.2, 0) is 6.54 Å². The van der Waals surface area contributed by atoms with Crippen LogP contribution >= 0.6 is 11.3 Å².